The highest BCUT2D eigenvalue weighted by Gasteiger charge is 2.49. The third-order valence-electron chi connectivity index (χ3n) is 5.53. The van der Waals surface area contributed by atoms with E-state index in [1.807, 2.05) is 12.1 Å². The summed E-state index contributed by atoms with van der Waals surface area (Å²) >= 11 is 0. The van der Waals surface area contributed by atoms with E-state index in [-0.39, 0.29) is 5.41 Å². The van der Waals surface area contributed by atoms with E-state index in [0.717, 1.165) is 31.4 Å². The van der Waals surface area contributed by atoms with Crippen molar-refractivity contribution >= 4 is 22.2 Å². The predicted octanol–water partition coefficient (Wildman–Crippen LogP) is 3.82. The van der Waals surface area contributed by atoms with Gasteiger partial charge in [0, 0.05) is 17.5 Å². The third kappa shape index (κ3) is 1.42. The number of nitrogens with two attached hydrogens (primary N) is 1. The molecular formula is C18H19NO. The van der Waals surface area contributed by atoms with E-state index in [2.05, 4.69) is 25.1 Å². The Morgan fingerprint density at radius 3 is 2.90 bits per heavy atom. The number of Topliss-reactive ketones (excluding diaryl/α,β-unsaturated/α-hetero) is 1. The van der Waals surface area contributed by atoms with Crippen LogP contribution in [0.5, 0.6) is 0 Å². The van der Waals surface area contributed by atoms with Crippen molar-refractivity contribution in [3.8, 4) is 0 Å². The van der Waals surface area contributed by atoms with Crippen LogP contribution in [-0.2, 0) is 11.2 Å². The van der Waals surface area contributed by atoms with Crippen molar-refractivity contribution in [2.24, 2.45) is 5.41 Å². The lowest BCUT2D eigenvalue weighted by Crippen LogP contribution is -2.32. The van der Waals surface area contributed by atoms with Crippen molar-refractivity contribution in [2.75, 3.05) is 5.73 Å². The van der Waals surface area contributed by atoms with E-state index < -0.39 is 0 Å². The molecule has 0 spiro atoms. The molecule has 2 aromatic carbocycles. The van der Waals surface area contributed by atoms with Gasteiger partial charge in [-0.1, -0.05) is 25.1 Å². The van der Waals surface area contributed by atoms with E-state index in [1.54, 1.807) is 0 Å². The first-order valence-electron chi connectivity index (χ1n) is 7.44. The Morgan fingerprint density at radius 2 is 2.05 bits per heavy atom. The number of fused-ring (bicyclic) bond motifs is 5. The van der Waals surface area contributed by atoms with Crippen molar-refractivity contribution in [3.05, 3.63) is 41.5 Å². The molecule has 0 radical (unpaired) electrons. The summed E-state index contributed by atoms with van der Waals surface area (Å²) in [5.41, 5.74) is 9.43. The summed E-state index contributed by atoms with van der Waals surface area (Å²) in [7, 11) is 0. The third-order valence-corrected chi connectivity index (χ3v) is 5.53. The van der Waals surface area contributed by atoms with Crippen molar-refractivity contribution in [1.82, 2.24) is 0 Å². The second-order valence-corrected chi connectivity index (χ2v) is 6.55. The fourth-order valence-corrected chi connectivity index (χ4v) is 4.31. The molecule has 2 aliphatic carbocycles. The average Bonchev–Trinajstić information content (AvgIpc) is 2.74. The van der Waals surface area contributed by atoms with Gasteiger partial charge < -0.3 is 5.73 Å². The zero-order valence-corrected chi connectivity index (χ0v) is 11.8. The van der Waals surface area contributed by atoms with Gasteiger partial charge in [0.05, 0.1) is 0 Å². The standard InChI is InChI=1S/C18H19NO/c1-18-9-8-14-13-5-3-12(19)10-11(13)2-4-15(14)16(18)6-7-17(18)20/h2-5,10,16H,6-9,19H2,1H3/t16-,18-/m0/s1. The van der Waals surface area contributed by atoms with Crippen LogP contribution in [0, 0.1) is 5.41 Å². The molecule has 0 bridgehead atoms. The Hall–Kier alpha value is -1.83. The van der Waals surface area contributed by atoms with Gasteiger partial charge in [-0.05, 0) is 59.2 Å². The molecule has 2 atom stereocenters. The topological polar surface area (TPSA) is 43.1 Å². The van der Waals surface area contributed by atoms with Gasteiger partial charge >= 0.3 is 0 Å². The average molecular weight is 265 g/mol. The van der Waals surface area contributed by atoms with Gasteiger partial charge in [-0.2, -0.15) is 0 Å². The Bertz CT molecular complexity index is 734. The zero-order valence-electron chi connectivity index (χ0n) is 11.8. The normalized spacial score (nSPS) is 28.4. The summed E-state index contributed by atoms with van der Waals surface area (Å²) < 4.78 is 0. The lowest BCUT2D eigenvalue weighted by molar-refractivity contribution is -0.126. The lowest BCUT2D eigenvalue weighted by Gasteiger charge is -2.37. The highest BCUT2D eigenvalue weighted by molar-refractivity contribution is 5.92. The minimum atomic E-state index is -0.117. The van der Waals surface area contributed by atoms with E-state index in [0.29, 0.717) is 11.7 Å². The molecule has 102 valence electrons. The number of aryl methyl sites for hydroxylation is 1. The number of nitrogen functional groups attached to an aromatic ring is 1. The van der Waals surface area contributed by atoms with Crippen LogP contribution in [0.25, 0.3) is 10.8 Å². The van der Waals surface area contributed by atoms with Crippen LogP contribution in [0.3, 0.4) is 0 Å². The van der Waals surface area contributed by atoms with Crippen LogP contribution >= 0.6 is 0 Å². The smallest absolute Gasteiger partial charge is 0.139 e. The second kappa shape index (κ2) is 3.85. The summed E-state index contributed by atoms with van der Waals surface area (Å²) in [5.74, 6) is 0.881. The largest absolute Gasteiger partial charge is 0.399 e. The van der Waals surface area contributed by atoms with E-state index >= 15 is 0 Å². The number of carbonyl (C=O) groups is 1. The van der Waals surface area contributed by atoms with Gasteiger partial charge in [-0.15, -0.1) is 0 Å². The summed E-state index contributed by atoms with van der Waals surface area (Å²) in [4.78, 5) is 12.2. The van der Waals surface area contributed by atoms with Gasteiger partial charge in [0.15, 0.2) is 0 Å². The Labute approximate surface area is 119 Å². The molecule has 4 rings (SSSR count). The molecule has 0 heterocycles. The quantitative estimate of drug-likeness (QED) is 0.736. The molecule has 2 aliphatic rings. The first-order chi connectivity index (χ1) is 9.59. The predicted molar refractivity (Wildman–Crippen MR) is 81.8 cm³/mol. The highest BCUT2D eigenvalue weighted by atomic mass is 16.1. The van der Waals surface area contributed by atoms with Crippen LogP contribution in [0.15, 0.2) is 30.3 Å². The van der Waals surface area contributed by atoms with Crippen LogP contribution in [0.4, 0.5) is 5.69 Å². The maximum atomic E-state index is 12.2. The first kappa shape index (κ1) is 12.0. The van der Waals surface area contributed by atoms with Gasteiger partial charge in [0.1, 0.15) is 5.78 Å². The molecule has 0 amide bonds. The Morgan fingerprint density at radius 1 is 1.20 bits per heavy atom. The maximum absolute atomic E-state index is 12.2. The molecule has 2 N–H and O–H groups in total. The van der Waals surface area contributed by atoms with Crippen molar-refractivity contribution in [2.45, 2.75) is 38.5 Å². The highest BCUT2D eigenvalue weighted by Crippen LogP contribution is 2.54. The summed E-state index contributed by atoms with van der Waals surface area (Å²) in [5, 5.41) is 2.54. The molecule has 0 aromatic heterocycles. The van der Waals surface area contributed by atoms with Crippen molar-refractivity contribution in [3.63, 3.8) is 0 Å². The molecule has 2 aromatic rings. The Balaban J connectivity index is 1.95. The molecule has 0 saturated heterocycles. The van der Waals surface area contributed by atoms with Crippen LogP contribution in [0.2, 0.25) is 0 Å². The summed E-state index contributed by atoms with van der Waals surface area (Å²) in [6.07, 6.45) is 3.77. The van der Waals surface area contributed by atoms with E-state index in [1.165, 1.54) is 21.9 Å². The second-order valence-electron chi connectivity index (χ2n) is 6.55. The lowest BCUT2D eigenvalue weighted by atomic mass is 9.66. The molecule has 2 heteroatoms. The van der Waals surface area contributed by atoms with Gasteiger partial charge in [0.25, 0.3) is 0 Å². The fraction of sp³-hybridized carbons (Fsp3) is 0.389. The molecule has 1 saturated carbocycles. The van der Waals surface area contributed by atoms with Crippen LogP contribution < -0.4 is 5.73 Å². The van der Waals surface area contributed by atoms with Gasteiger partial charge in [-0.3, -0.25) is 4.79 Å². The van der Waals surface area contributed by atoms with E-state index in [9.17, 15) is 4.79 Å². The minimum absolute atomic E-state index is 0.117. The maximum Gasteiger partial charge on any atom is 0.139 e. The molecule has 1 fully saturated rings. The molecular weight excluding hydrogens is 246 g/mol. The number of hydrogen-bond donors (Lipinski definition) is 1. The molecule has 0 aliphatic heterocycles. The van der Waals surface area contributed by atoms with Gasteiger partial charge in [-0.25, -0.2) is 0 Å². The monoisotopic (exact) mass is 265 g/mol. The number of hydrogen-bond acceptors (Lipinski definition) is 2. The molecule has 0 unspecified atom stereocenters. The van der Waals surface area contributed by atoms with Crippen LogP contribution in [-0.4, -0.2) is 5.78 Å². The fourth-order valence-electron chi connectivity index (χ4n) is 4.31. The summed E-state index contributed by atoms with van der Waals surface area (Å²) in [6.45, 7) is 2.17. The molecule has 2 nitrogen and oxygen atoms in total. The zero-order chi connectivity index (χ0) is 13.9. The SMILES string of the molecule is C[C@]12CCc3c(ccc4cc(N)ccc34)[C@@H]1CCC2=O. The number of benzene rings is 2. The minimum Gasteiger partial charge on any atom is -0.399 e. The Kier molecular flexibility index (Phi) is 2.30. The van der Waals surface area contributed by atoms with E-state index in [4.69, 9.17) is 5.73 Å². The first-order valence-corrected chi connectivity index (χ1v) is 7.44. The van der Waals surface area contributed by atoms with Crippen molar-refractivity contribution in [1.29, 1.82) is 0 Å². The van der Waals surface area contributed by atoms with Gasteiger partial charge in [0.2, 0.25) is 0 Å². The van der Waals surface area contributed by atoms with Crippen molar-refractivity contribution < 1.29 is 4.79 Å². The number of rotatable bonds is 0. The number of anilines is 1. The molecule has 20 heavy (non-hydrogen) atoms. The summed E-state index contributed by atoms with van der Waals surface area (Å²) in [6, 6.07) is 10.6. The number of carbonyl (C=O) groups excluding carboxylic acids is 1. The number of ketones is 1. The van der Waals surface area contributed by atoms with Crippen LogP contribution in [0.1, 0.15) is 43.2 Å².